The van der Waals surface area contributed by atoms with Gasteiger partial charge in [0.05, 0.1) is 32.4 Å². The predicted molar refractivity (Wildman–Crippen MR) is 163 cm³/mol. The van der Waals surface area contributed by atoms with E-state index in [1.54, 1.807) is 16.9 Å². The number of carbonyl (C=O) groups excluding carboxylic acids is 3. The third-order valence-electron chi connectivity index (χ3n) is 9.33. The molecule has 44 heavy (non-hydrogen) atoms. The van der Waals surface area contributed by atoms with Crippen LogP contribution in [0.15, 0.2) is 30.3 Å². The van der Waals surface area contributed by atoms with Crippen LogP contribution in [-0.4, -0.2) is 97.4 Å². The van der Waals surface area contributed by atoms with Crippen LogP contribution in [0.3, 0.4) is 0 Å². The molecule has 11 heteroatoms. The Morgan fingerprint density at radius 3 is 2.68 bits per heavy atom. The van der Waals surface area contributed by atoms with Crippen LogP contribution in [-0.2, 0) is 19.1 Å². The minimum Gasteiger partial charge on any atom is -0.497 e. The second-order valence-corrected chi connectivity index (χ2v) is 12.2. The zero-order chi connectivity index (χ0) is 30.6. The van der Waals surface area contributed by atoms with E-state index in [-0.39, 0.29) is 36.9 Å². The lowest BCUT2D eigenvalue weighted by atomic mass is 9.96. The first-order valence-electron chi connectivity index (χ1n) is 15.8. The molecular formula is C33H42N4O7. The summed E-state index contributed by atoms with van der Waals surface area (Å²) < 4.78 is 23.2. The van der Waals surface area contributed by atoms with Gasteiger partial charge >= 0.3 is 12.0 Å². The Hall–Kier alpha value is -3.86. The van der Waals surface area contributed by atoms with Crippen LogP contribution < -0.4 is 14.8 Å². The molecule has 0 unspecified atom stereocenters. The Kier molecular flexibility index (Phi) is 9.20. The van der Waals surface area contributed by atoms with Crippen molar-refractivity contribution in [3.63, 3.8) is 0 Å². The second-order valence-electron chi connectivity index (χ2n) is 12.2. The van der Waals surface area contributed by atoms with E-state index in [1.165, 1.54) is 7.11 Å². The summed E-state index contributed by atoms with van der Waals surface area (Å²) in [5, 5.41) is 4.01. The highest BCUT2D eigenvalue weighted by Crippen LogP contribution is 2.33. The van der Waals surface area contributed by atoms with Crippen molar-refractivity contribution in [2.45, 2.75) is 75.7 Å². The Morgan fingerprint density at radius 1 is 1.05 bits per heavy atom. The lowest BCUT2D eigenvalue weighted by molar-refractivity contribution is -0.152. The normalized spacial score (nSPS) is 26.9. The Balaban J connectivity index is 1.35. The summed E-state index contributed by atoms with van der Waals surface area (Å²) >= 11 is 0. The van der Waals surface area contributed by atoms with E-state index in [0.29, 0.717) is 36.8 Å². The number of nitrogens with one attached hydrogen (secondary N) is 1. The molecule has 4 atom stereocenters. The van der Waals surface area contributed by atoms with Gasteiger partial charge in [-0.2, -0.15) is 0 Å². The van der Waals surface area contributed by atoms with E-state index in [0.717, 1.165) is 55.9 Å². The summed E-state index contributed by atoms with van der Waals surface area (Å²) in [6.45, 7) is 1.85. The number of pyridine rings is 1. The Bertz CT molecular complexity index is 1410. The first-order valence-corrected chi connectivity index (χ1v) is 15.8. The fourth-order valence-electron chi connectivity index (χ4n) is 6.92. The molecule has 1 aromatic carbocycles. The maximum Gasteiger partial charge on any atom is 0.328 e. The standard InChI is InChI=1S/C33H42N4O7/c1-41-24-12-11-22-16-23-10-4-3-7-15-43-25-13-14-36(19-25)33(40)35-29(21-8-5-6-9-21)31(38)37-20-26(18-28(37)32(39)42-2)44-30(23)34-27(22)17-24/h4,10-12,16-17,21,25-26,28-29H,3,5-9,13-15,18-20H2,1-2H3,(H,35,40)/t25-,26+,28-,29-/m0/s1. The number of aromatic nitrogens is 1. The maximum atomic E-state index is 14.3. The molecule has 3 aliphatic heterocycles. The quantitative estimate of drug-likeness (QED) is 0.522. The van der Waals surface area contributed by atoms with Crippen LogP contribution in [0.25, 0.3) is 17.0 Å². The molecule has 4 heterocycles. The van der Waals surface area contributed by atoms with Gasteiger partial charge < -0.3 is 34.1 Å². The van der Waals surface area contributed by atoms with E-state index in [2.05, 4.69) is 11.4 Å². The SMILES string of the molecule is COC(=O)[C@@H]1C[C@@H]2CN1C(=O)[C@H](C1CCCC1)NC(=O)N1CC[C@@H](C1)OCCCC=Cc1cc3ccc(OC)cc3nc1O2. The average Bonchev–Trinajstić information content (AvgIpc) is 3.82. The van der Waals surface area contributed by atoms with E-state index < -0.39 is 24.2 Å². The fraction of sp³-hybridized carbons (Fsp3) is 0.576. The number of hydrogen-bond donors (Lipinski definition) is 1. The molecule has 11 nitrogen and oxygen atoms in total. The number of rotatable bonds is 3. The molecule has 236 valence electrons. The third-order valence-corrected chi connectivity index (χ3v) is 9.33. The first-order chi connectivity index (χ1) is 21.4. The highest BCUT2D eigenvalue weighted by molar-refractivity contribution is 5.91. The van der Waals surface area contributed by atoms with Crippen molar-refractivity contribution in [3.8, 4) is 11.6 Å². The van der Waals surface area contributed by atoms with Crippen molar-refractivity contribution >= 4 is 34.9 Å². The average molecular weight is 607 g/mol. The number of methoxy groups -OCH3 is 2. The van der Waals surface area contributed by atoms with Gasteiger partial charge in [-0.25, -0.2) is 14.6 Å². The van der Waals surface area contributed by atoms with Gasteiger partial charge in [0.2, 0.25) is 11.8 Å². The maximum absolute atomic E-state index is 14.3. The monoisotopic (exact) mass is 606 g/mol. The summed E-state index contributed by atoms with van der Waals surface area (Å²) in [6.07, 6.45) is 9.92. The van der Waals surface area contributed by atoms with Gasteiger partial charge in [-0.3, -0.25) is 4.79 Å². The molecule has 1 aromatic heterocycles. The van der Waals surface area contributed by atoms with E-state index >= 15 is 0 Å². The van der Waals surface area contributed by atoms with Gasteiger partial charge in [-0.05, 0) is 56.2 Å². The van der Waals surface area contributed by atoms with E-state index in [9.17, 15) is 14.4 Å². The summed E-state index contributed by atoms with van der Waals surface area (Å²) in [4.78, 5) is 48.8. The van der Waals surface area contributed by atoms with Crippen molar-refractivity contribution in [1.29, 1.82) is 0 Å². The number of esters is 1. The highest BCUT2D eigenvalue weighted by Gasteiger charge is 2.46. The molecule has 1 aliphatic carbocycles. The van der Waals surface area contributed by atoms with Gasteiger partial charge in [-0.1, -0.05) is 25.0 Å². The van der Waals surface area contributed by atoms with Gasteiger partial charge in [0, 0.05) is 43.1 Å². The number of urea groups is 1. The zero-order valence-corrected chi connectivity index (χ0v) is 25.5. The van der Waals surface area contributed by atoms with Crippen LogP contribution in [0.5, 0.6) is 11.6 Å². The number of allylic oxidation sites excluding steroid dienone is 1. The third kappa shape index (κ3) is 6.47. The molecule has 1 N–H and O–H groups in total. The molecule has 0 spiro atoms. The van der Waals surface area contributed by atoms with Crippen molar-refractivity contribution in [2.24, 2.45) is 5.92 Å². The molecule has 3 amide bonds. The number of benzene rings is 1. The number of nitrogens with zero attached hydrogens (tertiary/aromatic N) is 3. The number of hydrogen-bond acceptors (Lipinski definition) is 8. The second kappa shape index (κ2) is 13.4. The first kappa shape index (κ1) is 30.2. The van der Waals surface area contributed by atoms with Gasteiger partial charge in [0.1, 0.15) is 23.9 Å². The molecule has 2 aromatic rings. The van der Waals surface area contributed by atoms with Crippen molar-refractivity contribution in [2.75, 3.05) is 40.5 Å². The highest BCUT2D eigenvalue weighted by atomic mass is 16.5. The molecular weight excluding hydrogens is 564 g/mol. The molecule has 3 fully saturated rings. The largest absolute Gasteiger partial charge is 0.497 e. The minimum atomic E-state index is -0.826. The zero-order valence-electron chi connectivity index (χ0n) is 25.5. The molecule has 1 saturated carbocycles. The summed E-state index contributed by atoms with van der Waals surface area (Å²) in [6, 6.07) is 5.92. The number of ether oxygens (including phenoxy) is 4. The van der Waals surface area contributed by atoms with Crippen molar-refractivity contribution < 1.29 is 33.3 Å². The molecule has 4 bridgehead atoms. The van der Waals surface area contributed by atoms with Crippen molar-refractivity contribution in [3.05, 3.63) is 35.9 Å². The number of carbonyl (C=O) groups is 3. The van der Waals surface area contributed by atoms with Crippen LogP contribution in [0.2, 0.25) is 0 Å². The summed E-state index contributed by atoms with van der Waals surface area (Å²) in [7, 11) is 2.94. The number of amides is 3. The molecule has 4 aliphatic rings. The Morgan fingerprint density at radius 2 is 1.89 bits per heavy atom. The molecule has 0 radical (unpaired) electrons. The predicted octanol–water partition coefficient (Wildman–Crippen LogP) is 3.93. The number of fused-ring (bicyclic) bond motifs is 6. The summed E-state index contributed by atoms with van der Waals surface area (Å²) in [5.41, 5.74) is 1.52. The summed E-state index contributed by atoms with van der Waals surface area (Å²) in [5.74, 6) is 0.337. The van der Waals surface area contributed by atoms with Gasteiger partial charge in [-0.15, -0.1) is 0 Å². The Labute approximate surface area is 257 Å². The smallest absolute Gasteiger partial charge is 0.328 e. The lowest BCUT2D eigenvalue weighted by Crippen LogP contribution is -2.56. The van der Waals surface area contributed by atoms with Gasteiger partial charge in [0.25, 0.3) is 0 Å². The molecule has 2 saturated heterocycles. The van der Waals surface area contributed by atoms with Crippen LogP contribution in [0.1, 0.15) is 56.9 Å². The fourth-order valence-corrected chi connectivity index (χ4v) is 6.92. The topological polar surface area (TPSA) is 120 Å². The van der Waals surface area contributed by atoms with Crippen LogP contribution >= 0.6 is 0 Å². The van der Waals surface area contributed by atoms with Crippen LogP contribution in [0, 0.1) is 5.92 Å². The lowest BCUT2D eigenvalue weighted by Gasteiger charge is -2.32. The van der Waals surface area contributed by atoms with E-state index in [4.69, 9.17) is 23.9 Å². The van der Waals surface area contributed by atoms with E-state index in [1.807, 2.05) is 30.3 Å². The van der Waals surface area contributed by atoms with Crippen molar-refractivity contribution in [1.82, 2.24) is 20.1 Å². The minimum absolute atomic E-state index is 0.00217. The molecule has 6 rings (SSSR count). The van der Waals surface area contributed by atoms with Gasteiger partial charge in [0.15, 0.2) is 0 Å². The van der Waals surface area contributed by atoms with Crippen LogP contribution in [0.4, 0.5) is 4.79 Å².